The van der Waals surface area contributed by atoms with Gasteiger partial charge in [0.05, 0.1) is 6.61 Å². The third kappa shape index (κ3) is 2.11. The molecule has 3 N–H and O–H groups in total. The molecule has 0 spiro atoms. The Morgan fingerprint density at radius 3 is 2.95 bits per heavy atom. The maximum Gasteiger partial charge on any atom is 0.328 e. The van der Waals surface area contributed by atoms with Gasteiger partial charge in [-0.2, -0.15) is 0 Å². The van der Waals surface area contributed by atoms with Gasteiger partial charge in [0, 0.05) is 6.20 Å². The second-order valence-corrected chi connectivity index (χ2v) is 4.54. The predicted molar refractivity (Wildman–Crippen MR) is 65.6 cm³/mol. The van der Waals surface area contributed by atoms with Gasteiger partial charge in [0.15, 0.2) is 12.4 Å². The molecule has 1 unspecified atom stereocenters. The molecule has 0 aromatic carbocycles. The number of nitrogens with zero attached hydrogens (tertiary/aromatic N) is 1. The summed E-state index contributed by atoms with van der Waals surface area (Å²) in [4.78, 5) is 14.0. The van der Waals surface area contributed by atoms with Crippen LogP contribution in [0.4, 0.5) is 4.39 Å². The molecule has 19 heavy (non-hydrogen) atoms. The molecule has 4 atom stereocenters. The normalized spacial score (nSPS) is 34.1. The van der Waals surface area contributed by atoms with Gasteiger partial charge in [0.25, 0.3) is 0 Å². The van der Waals surface area contributed by atoms with Crippen molar-refractivity contribution in [1.29, 1.82) is 0 Å². The van der Waals surface area contributed by atoms with Gasteiger partial charge in [-0.05, 0) is 6.07 Å². The maximum atomic E-state index is 14.0. The Labute approximate surface area is 112 Å². The van der Waals surface area contributed by atoms with Gasteiger partial charge in [0.1, 0.15) is 10.7 Å². The summed E-state index contributed by atoms with van der Waals surface area (Å²) in [6.07, 6.45) is 1.62. The lowest BCUT2D eigenvalue weighted by molar-refractivity contribution is -0.0749. The van der Waals surface area contributed by atoms with Crippen molar-refractivity contribution in [2.75, 3.05) is 6.61 Å². The molecule has 6 nitrogen and oxygen atoms in total. The Bertz CT molecular complexity index is 637. The van der Waals surface area contributed by atoms with E-state index < -0.39 is 36.4 Å². The van der Waals surface area contributed by atoms with Crippen LogP contribution in [0, 0.1) is 17.0 Å². The van der Waals surface area contributed by atoms with Gasteiger partial charge in [-0.25, -0.2) is 9.18 Å². The summed E-state index contributed by atoms with van der Waals surface area (Å²) in [6.45, 7) is -0.667. The average molecular weight is 286 g/mol. The molecule has 1 aliphatic heterocycles. The van der Waals surface area contributed by atoms with Crippen molar-refractivity contribution in [3.8, 4) is 12.3 Å². The monoisotopic (exact) mass is 286 g/mol. The third-order valence-electron chi connectivity index (χ3n) is 2.94. The summed E-state index contributed by atoms with van der Waals surface area (Å²) < 4.78 is 20.2. The number of terminal acetylenes is 1. The Kier molecular flexibility index (Phi) is 3.56. The first-order valence-electron chi connectivity index (χ1n) is 5.36. The first kappa shape index (κ1) is 13.9. The van der Waals surface area contributed by atoms with Crippen LogP contribution in [-0.4, -0.2) is 44.2 Å². The number of ether oxygens (including phenoxy) is 1. The smallest absolute Gasteiger partial charge is 0.328 e. The standard InChI is InChI=1S/C11H11FN2O4S/c1-2-11(17)8(12)6(5-15)18-9(11)14-4-3-7(19)13-10(14)16/h1,3-4,6,8-9,15,17H,5H2,(H,13,16,19)/t6-,8+,9-,11?/m1/s1. The summed E-state index contributed by atoms with van der Waals surface area (Å²) >= 11 is 4.76. The van der Waals surface area contributed by atoms with E-state index in [0.29, 0.717) is 0 Å². The maximum absolute atomic E-state index is 14.0. The minimum atomic E-state index is -2.34. The first-order chi connectivity index (χ1) is 8.93. The van der Waals surface area contributed by atoms with Crippen molar-refractivity contribution in [3.63, 3.8) is 0 Å². The molecule has 1 fully saturated rings. The Balaban J connectivity index is 2.52. The van der Waals surface area contributed by atoms with Crippen molar-refractivity contribution in [2.24, 2.45) is 0 Å². The molecule has 1 aliphatic rings. The molecule has 8 heteroatoms. The number of alkyl halides is 1. The van der Waals surface area contributed by atoms with E-state index in [0.717, 1.165) is 4.57 Å². The Morgan fingerprint density at radius 2 is 2.42 bits per heavy atom. The summed E-state index contributed by atoms with van der Waals surface area (Å²) in [6, 6.07) is 1.37. The second kappa shape index (κ2) is 4.86. The van der Waals surface area contributed by atoms with Gasteiger partial charge in [0.2, 0.25) is 5.60 Å². The van der Waals surface area contributed by atoms with Crippen LogP contribution < -0.4 is 5.69 Å². The van der Waals surface area contributed by atoms with Crippen LogP contribution in [-0.2, 0) is 4.74 Å². The van der Waals surface area contributed by atoms with Crippen LogP contribution in [0.3, 0.4) is 0 Å². The fraction of sp³-hybridized carbons (Fsp3) is 0.455. The molecule has 2 rings (SSSR count). The van der Waals surface area contributed by atoms with Crippen LogP contribution in [0.5, 0.6) is 0 Å². The van der Waals surface area contributed by atoms with E-state index in [2.05, 4.69) is 4.98 Å². The number of nitrogens with one attached hydrogen (secondary N) is 1. The van der Waals surface area contributed by atoms with E-state index in [-0.39, 0.29) is 4.64 Å². The largest absolute Gasteiger partial charge is 0.394 e. The lowest BCUT2D eigenvalue weighted by Crippen LogP contribution is -2.45. The molecule has 1 aromatic heterocycles. The number of aliphatic hydroxyl groups is 2. The zero-order valence-corrected chi connectivity index (χ0v) is 10.4. The van der Waals surface area contributed by atoms with E-state index in [1.807, 2.05) is 5.92 Å². The van der Waals surface area contributed by atoms with E-state index in [1.165, 1.54) is 12.3 Å². The highest BCUT2D eigenvalue weighted by Crippen LogP contribution is 2.39. The molecule has 0 saturated carbocycles. The highest BCUT2D eigenvalue weighted by Gasteiger charge is 2.56. The minimum absolute atomic E-state index is 0.180. The Morgan fingerprint density at radius 1 is 1.74 bits per heavy atom. The molecule has 1 saturated heterocycles. The fourth-order valence-electron chi connectivity index (χ4n) is 1.93. The van der Waals surface area contributed by atoms with Gasteiger partial charge in [-0.1, -0.05) is 18.1 Å². The number of aromatic amines is 1. The zero-order chi connectivity index (χ0) is 14.2. The summed E-state index contributed by atoms with van der Waals surface area (Å²) in [5.74, 6) is 1.89. The predicted octanol–water partition coefficient (Wildman–Crippen LogP) is -0.502. The van der Waals surface area contributed by atoms with Crippen LogP contribution in [0.2, 0.25) is 0 Å². The van der Waals surface area contributed by atoms with Crippen molar-refractivity contribution < 1.29 is 19.3 Å². The van der Waals surface area contributed by atoms with Crippen molar-refractivity contribution >= 4 is 12.2 Å². The molecule has 0 amide bonds. The van der Waals surface area contributed by atoms with Gasteiger partial charge < -0.3 is 14.9 Å². The quantitative estimate of drug-likeness (QED) is 0.504. The number of hydrogen-bond donors (Lipinski definition) is 3. The summed E-state index contributed by atoms with van der Waals surface area (Å²) in [5.41, 5.74) is -3.04. The highest BCUT2D eigenvalue weighted by molar-refractivity contribution is 7.71. The average Bonchev–Trinajstić information content (AvgIpc) is 2.63. The lowest BCUT2D eigenvalue weighted by atomic mass is 9.96. The molecule has 0 bridgehead atoms. The first-order valence-corrected chi connectivity index (χ1v) is 5.77. The molecule has 0 aliphatic carbocycles. The Hall–Kier alpha value is -1.53. The van der Waals surface area contributed by atoms with Crippen molar-refractivity contribution in [3.05, 3.63) is 27.4 Å². The summed E-state index contributed by atoms with van der Waals surface area (Å²) in [7, 11) is 0. The number of halogens is 1. The lowest BCUT2D eigenvalue weighted by Gasteiger charge is -2.25. The van der Waals surface area contributed by atoms with Crippen LogP contribution in [0.15, 0.2) is 17.1 Å². The molecule has 1 aromatic rings. The van der Waals surface area contributed by atoms with Gasteiger partial charge in [-0.3, -0.25) is 9.55 Å². The number of aliphatic hydroxyl groups excluding tert-OH is 1. The van der Waals surface area contributed by atoms with E-state index >= 15 is 0 Å². The summed E-state index contributed by atoms with van der Waals surface area (Å²) in [5, 5.41) is 19.1. The highest BCUT2D eigenvalue weighted by atomic mass is 32.1. The number of hydrogen-bond acceptors (Lipinski definition) is 5. The fourth-order valence-corrected chi connectivity index (χ4v) is 2.08. The van der Waals surface area contributed by atoms with Crippen LogP contribution in [0.25, 0.3) is 0 Å². The van der Waals surface area contributed by atoms with E-state index in [4.69, 9.17) is 28.5 Å². The molecule has 2 heterocycles. The van der Waals surface area contributed by atoms with Crippen molar-refractivity contribution in [1.82, 2.24) is 9.55 Å². The van der Waals surface area contributed by atoms with Crippen LogP contribution >= 0.6 is 12.2 Å². The molecule has 102 valence electrons. The zero-order valence-electron chi connectivity index (χ0n) is 9.62. The van der Waals surface area contributed by atoms with Gasteiger partial charge >= 0.3 is 5.69 Å². The molecular formula is C11H11FN2O4S. The van der Waals surface area contributed by atoms with E-state index in [1.54, 1.807) is 0 Å². The number of aromatic nitrogens is 2. The molecule has 0 radical (unpaired) electrons. The SMILES string of the molecule is C#CC1(O)[C@@H](F)[C@@H](CO)O[C@H]1n1ccc(=S)[nH]c1=O. The minimum Gasteiger partial charge on any atom is -0.394 e. The second-order valence-electron chi connectivity index (χ2n) is 4.10. The van der Waals surface area contributed by atoms with E-state index in [9.17, 15) is 14.3 Å². The van der Waals surface area contributed by atoms with Crippen molar-refractivity contribution in [2.45, 2.75) is 24.1 Å². The topological polar surface area (TPSA) is 87.5 Å². The van der Waals surface area contributed by atoms with Crippen LogP contribution in [0.1, 0.15) is 6.23 Å². The number of rotatable bonds is 2. The van der Waals surface area contributed by atoms with Gasteiger partial charge in [-0.15, -0.1) is 6.42 Å². The number of H-pyrrole nitrogens is 1. The third-order valence-corrected chi connectivity index (χ3v) is 3.18. The molecular weight excluding hydrogens is 275 g/mol.